The average molecular weight is 580 g/mol. The van der Waals surface area contributed by atoms with Gasteiger partial charge >= 0.3 is 0 Å². The zero-order chi connectivity index (χ0) is 22.2. The molecule has 0 bridgehead atoms. The van der Waals surface area contributed by atoms with Crippen molar-refractivity contribution in [1.82, 2.24) is 0 Å². The van der Waals surface area contributed by atoms with E-state index in [1.807, 2.05) is 30.3 Å². The minimum atomic E-state index is -3.70. The van der Waals surface area contributed by atoms with Crippen LogP contribution in [-0.2, 0) is 10.0 Å². The monoisotopic (exact) mass is 578 g/mol. The minimum absolute atomic E-state index is 0.207. The predicted octanol–water partition coefficient (Wildman–Crippen LogP) is 6.50. The molecule has 9 heteroatoms. The van der Waals surface area contributed by atoms with E-state index in [9.17, 15) is 13.2 Å². The number of nitrogens with zero attached hydrogens (tertiary/aromatic N) is 1. The number of benzene rings is 3. The lowest BCUT2D eigenvalue weighted by molar-refractivity contribution is 0.103. The van der Waals surface area contributed by atoms with Gasteiger partial charge in [-0.3, -0.25) is 9.10 Å². The fraction of sp³-hybridized carbons (Fsp3) is 0.0455. The lowest BCUT2D eigenvalue weighted by atomic mass is 10.2. The molecule has 0 aliphatic rings. The molecular weight excluding hydrogens is 564 g/mol. The largest absolute Gasteiger partial charge is 0.321 e. The standard InChI is InChI=1S/C22H16Br2N2O3S2/c1-26(31(28,29)19-9-4-16(24)5-10-19)18-8-11-20-14(12-18)13-21(30-20)22(27)25-17-6-2-15(23)3-7-17/h2-13H,1H3,(H,25,27). The first-order valence-corrected chi connectivity index (χ1v) is 12.9. The maximum absolute atomic E-state index is 13.0. The van der Waals surface area contributed by atoms with Gasteiger partial charge in [-0.05, 0) is 78.2 Å². The zero-order valence-electron chi connectivity index (χ0n) is 16.2. The Balaban J connectivity index is 1.60. The summed E-state index contributed by atoms with van der Waals surface area (Å²) in [6.07, 6.45) is 0. The SMILES string of the molecule is CN(c1ccc2sc(C(=O)Nc3ccc(Br)cc3)cc2c1)S(=O)(=O)c1ccc(Br)cc1. The molecule has 0 saturated carbocycles. The number of sulfonamides is 1. The van der Waals surface area contributed by atoms with Gasteiger partial charge in [-0.2, -0.15) is 0 Å². The molecule has 0 aliphatic heterocycles. The van der Waals surface area contributed by atoms with Crippen molar-refractivity contribution < 1.29 is 13.2 Å². The topological polar surface area (TPSA) is 66.5 Å². The maximum atomic E-state index is 13.0. The zero-order valence-corrected chi connectivity index (χ0v) is 21.0. The summed E-state index contributed by atoms with van der Waals surface area (Å²) in [6.45, 7) is 0. The van der Waals surface area contributed by atoms with Gasteiger partial charge in [-0.25, -0.2) is 8.42 Å². The van der Waals surface area contributed by atoms with E-state index in [0.717, 1.165) is 19.0 Å². The summed E-state index contributed by atoms with van der Waals surface area (Å²) in [5.74, 6) is -0.207. The summed E-state index contributed by atoms with van der Waals surface area (Å²) in [5, 5.41) is 3.68. The smallest absolute Gasteiger partial charge is 0.265 e. The van der Waals surface area contributed by atoms with Crippen molar-refractivity contribution in [3.8, 4) is 0 Å². The first-order chi connectivity index (χ1) is 14.7. The second kappa shape index (κ2) is 8.74. The fourth-order valence-electron chi connectivity index (χ4n) is 2.97. The summed E-state index contributed by atoms with van der Waals surface area (Å²) in [4.78, 5) is 13.4. The summed E-state index contributed by atoms with van der Waals surface area (Å²) >= 11 is 8.05. The first kappa shape index (κ1) is 22.0. The van der Waals surface area contributed by atoms with E-state index in [0.29, 0.717) is 16.3 Å². The van der Waals surface area contributed by atoms with E-state index in [1.54, 1.807) is 42.5 Å². The summed E-state index contributed by atoms with van der Waals surface area (Å²) in [6, 6.07) is 21.0. The van der Waals surface area contributed by atoms with E-state index in [1.165, 1.54) is 22.7 Å². The van der Waals surface area contributed by atoms with E-state index < -0.39 is 10.0 Å². The van der Waals surface area contributed by atoms with Crippen LogP contribution in [0.25, 0.3) is 10.1 Å². The molecule has 0 saturated heterocycles. The Morgan fingerprint density at radius 2 is 1.52 bits per heavy atom. The number of carbonyl (C=O) groups is 1. The highest BCUT2D eigenvalue weighted by molar-refractivity contribution is 9.10. The fourth-order valence-corrected chi connectivity index (χ4v) is 5.62. The highest BCUT2D eigenvalue weighted by Crippen LogP contribution is 2.32. The number of rotatable bonds is 5. The minimum Gasteiger partial charge on any atom is -0.321 e. The number of thiophene rings is 1. The molecule has 4 rings (SSSR count). The molecule has 0 fully saturated rings. The van der Waals surface area contributed by atoms with Gasteiger partial charge in [0.05, 0.1) is 15.5 Å². The lowest BCUT2D eigenvalue weighted by Gasteiger charge is -2.19. The van der Waals surface area contributed by atoms with E-state index in [4.69, 9.17) is 0 Å². The number of fused-ring (bicyclic) bond motifs is 1. The molecule has 4 aromatic rings. The van der Waals surface area contributed by atoms with Crippen molar-refractivity contribution in [1.29, 1.82) is 0 Å². The van der Waals surface area contributed by atoms with E-state index in [2.05, 4.69) is 37.2 Å². The van der Waals surface area contributed by atoms with E-state index >= 15 is 0 Å². The Hall–Kier alpha value is -2.20. The molecule has 0 atom stereocenters. The Morgan fingerprint density at radius 3 is 2.16 bits per heavy atom. The number of carbonyl (C=O) groups excluding carboxylic acids is 1. The van der Waals surface area contributed by atoms with Gasteiger partial charge in [-0.15, -0.1) is 11.3 Å². The van der Waals surface area contributed by atoms with Crippen LogP contribution in [0.15, 0.2) is 86.6 Å². The van der Waals surface area contributed by atoms with E-state index in [-0.39, 0.29) is 10.8 Å². The summed E-state index contributed by atoms with van der Waals surface area (Å²) in [5.41, 5.74) is 1.22. The Bertz CT molecular complexity index is 1370. The number of anilines is 2. The van der Waals surface area contributed by atoms with Crippen LogP contribution < -0.4 is 9.62 Å². The molecule has 0 spiro atoms. The number of amides is 1. The van der Waals surface area contributed by atoms with Gasteiger partial charge in [0.15, 0.2) is 0 Å². The van der Waals surface area contributed by atoms with Crippen LogP contribution in [0.2, 0.25) is 0 Å². The average Bonchev–Trinajstić information content (AvgIpc) is 3.18. The lowest BCUT2D eigenvalue weighted by Crippen LogP contribution is -2.26. The third kappa shape index (κ3) is 4.69. The molecule has 1 aromatic heterocycles. The van der Waals surface area contributed by atoms with Crippen molar-refractivity contribution >= 4 is 80.6 Å². The second-order valence-corrected chi connectivity index (χ2v) is 11.6. The highest BCUT2D eigenvalue weighted by Gasteiger charge is 2.22. The normalized spacial score (nSPS) is 11.5. The van der Waals surface area contributed by atoms with Crippen LogP contribution in [0.4, 0.5) is 11.4 Å². The molecule has 1 N–H and O–H groups in total. The second-order valence-electron chi connectivity index (χ2n) is 6.72. The van der Waals surface area contributed by atoms with Crippen LogP contribution >= 0.6 is 43.2 Å². The Morgan fingerprint density at radius 1 is 0.903 bits per heavy atom. The molecular formula is C22H16Br2N2O3S2. The summed E-state index contributed by atoms with van der Waals surface area (Å²) < 4.78 is 29.8. The maximum Gasteiger partial charge on any atom is 0.265 e. The Labute approximate surface area is 201 Å². The number of halogens is 2. The van der Waals surface area contributed by atoms with Crippen LogP contribution in [0, 0.1) is 0 Å². The predicted molar refractivity (Wildman–Crippen MR) is 134 cm³/mol. The molecule has 1 heterocycles. The van der Waals surface area contributed by atoms with Crippen molar-refractivity contribution in [3.63, 3.8) is 0 Å². The Kier molecular flexibility index (Phi) is 6.20. The molecule has 0 unspecified atom stereocenters. The molecule has 3 aromatic carbocycles. The van der Waals surface area contributed by atoms with Crippen molar-refractivity contribution in [3.05, 3.63) is 86.6 Å². The molecule has 1 amide bonds. The van der Waals surface area contributed by atoms with Crippen molar-refractivity contribution in [2.24, 2.45) is 0 Å². The van der Waals surface area contributed by atoms with Crippen molar-refractivity contribution in [2.45, 2.75) is 4.90 Å². The van der Waals surface area contributed by atoms with Crippen LogP contribution in [0.5, 0.6) is 0 Å². The number of hydrogen-bond acceptors (Lipinski definition) is 4. The van der Waals surface area contributed by atoms with Gasteiger partial charge in [0, 0.05) is 26.4 Å². The number of nitrogens with one attached hydrogen (secondary N) is 1. The third-order valence-corrected chi connectivity index (χ3v) is 8.63. The van der Waals surface area contributed by atoms with Gasteiger partial charge in [0.1, 0.15) is 0 Å². The van der Waals surface area contributed by atoms with Gasteiger partial charge in [0.2, 0.25) is 0 Å². The van der Waals surface area contributed by atoms with Gasteiger partial charge < -0.3 is 5.32 Å². The quantitative estimate of drug-likeness (QED) is 0.293. The molecule has 0 radical (unpaired) electrons. The molecule has 31 heavy (non-hydrogen) atoms. The molecule has 158 valence electrons. The third-order valence-electron chi connectivity index (χ3n) is 4.66. The van der Waals surface area contributed by atoms with Crippen LogP contribution in [0.3, 0.4) is 0 Å². The molecule has 0 aliphatic carbocycles. The first-order valence-electron chi connectivity index (χ1n) is 9.09. The number of hydrogen-bond donors (Lipinski definition) is 1. The molecule has 5 nitrogen and oxygen atoms in total. The van der Waals surface area contributed by atoms with Gasteiger partial charge in [-0.1, -0.05) is 31.9 Å². The van der Waals surface area contributed by atoms with Crippen LogP contribution in [0.1, 0.15) is 9.67 Å². The van der Waals surface area contributed by atoms with Gasteiger partial charge in [0.25, 0.3) is 15.9 Å². The summed E-state index contributed by atoms with van der Waals surface area (Å²) in [7, 11) is -2.18. The highest BCUT2D eigenvalue weighted by atomic mass is 79.9. The van der Waals surface area contributed by atoms with Crippen LogP contribution in [-0.4, -0.2) is 21.4 Å². The van der Waals surface area contributed by atoms with Crippen molar-refractivity contribution in [2.75, 3.05) is 16.7 Å².